The molecule has 0 aliphatic rings. The van der Waals surface area contributed by atoms with Crippen molar-refractivity contribution >= 4 is 17.4 Å². The number of amides is 1. The Morgan fingerprint density at radius 1 is 1.04 bits per heavy atom. The summed E-state index contributed by atoms with van der Waals surface area (Å²) in [4.78, 5) is 14.0. The molecule has 6 heteroatoms. The summed E-state index contributed by atoms with van der Waals surface area (Å²) in [6.07, 6.45) is 0. The van der Waals surface area contributed by atoms with Crippen LogP contribution >= 0.6 is 0 Å². The fourth-order valence-electron chi connectivity index (χ4n) is 2.21. The normalized spacial score (nSPS) is 11.4. The molecular weight excluding hydrogens is 314 g/mol. The SMILES string of the molecule is CN(C)CCNC(=O)c1ccc(Nc2ccc(C(C)(C)C)cc2)nn1. The number of anilines is 2. The van der Waals surface area contributed by atoms with Crippen molar-refractivity contribution in [2.24, 2.45) is 0 Å². The van der Waals surface area contributed by atoms with Crippen LogP contribution in [0.2, 0.25) is 0 Å². The molecular formula is C19H27N5O. The van der Waals surface area contributed by atoms with Crippen molar-refractivity contribution in [1.82, 2.24) is 20.4 Å². The Labute approximate surface area is 149 Å². The van der Waals surface area contributed by atoms with Crippen LogP contribution < -0.4 is 10.6 Å². The van der Waals surface area contributed by atoms with Crippen molar-refractivity contribution in [2.45, 2.75) is 26.2 Å². The predicted molar refractivity (Wildman–Crippen MR) is 101 cm³/mol. The van der Waals surface area contributed by atoms with E-state index in [4.69, 9.17) is 0 Å². The molecule has 1 heterocycles. The van der Waals surface area contributed by atoms with Gasteiger partial charge in [0.2, 0.25) is 0 Å². The number of rotatable bonds is 6. The zero-order valence-corrected chi connectivity index (χ0v) is 15.6. The minimum atomic E-state index is -0.213. The number of nitrogens with one attached hydrogen (secondary N) is 2. The molecule has 25 heavy (non-hydrogen) atoms. The maximum atomic E-state index is 12.0. The van der Waals surface area contributed by atoms with Crippen LogP contribution in [0.3, 0.4) is 0 Å². The molecule has 2 N–H and O–H groups in total. The van der Waals surface area contributed by atoms with E-state index in [1.54, 1.807) is 12.1 Å². The van der Waals surface area contributed by atoms with Crippen molar-refractivity contribution < 1.29 is 4.79 Å². The molecule has 0 unspecified atom stereocenters. The van der Waals surface area contributed by atoms with E-state index in [0.717, 1.165) is 12.2 Å². The maximum absolute atomic E-state index is 12.0. The molecule has 1 amide bonds. The molecule has 0 aliphatic heterocycles. The first kappa shape index (κ1) is 18.9. The van der Waals surface area contributed by atoms with Crippen LogP contribution in [0.5, 0.6) is 0 Å². The number of hydrogen-bond acceptors (Lipinski definition) is 5. The molecule has 6 nitrogen and oxygen atoms in total. The van der Waals surface area contributed by atoms with Gasteiger partial charge in [0.15, 0.2) is 11.5 Å². The lowest BCUT2D eigenvalue weighted by atomic mass is 9.87. The zero-order valence-electron chi connectivity index (χ0n) is 15.6. The molecule has 0 radical (unpaired) electrons. The van der Waals surface area contributed by atoms with Gasteiger partial charge in [-0.2, -0.15) is 0 Å². The van der Waals surface area contributed by atoms with Crippen LogP contribution in [0, 0.1) is 0 Å². The quantitative estimate of drug-likeness (QED) is 0.845. The van der Waals surface area contributed by atoms with E-state index in [1.807, 2.05) is 31.1 Å². The molecule has 1 aromatic carbocycles. The van der Waals surface area contributed by atoms with E-state index in [1.165, 1.54) is 5.56 Å². The lowest BCUT2D eigenvalue weighted by Gasteiger charge is -2.19. The molecule has 2 aromatic rings. The van der Waals surface area contributed by atoms with E-state index in [9.17, 15) is 4.79 Å². The minimum absolute atomic E-state index is 0.125. The summed E-state index contributed by atoms with van der Waals surface area (Å²) in [5, 5.41) is 14.1. The number of likely N-dealkylation sites (N-methyl/N-ethyl adjacent to an activating group) is 1. The van der Waals surface area contributed by atoms with E-state index in [0.29, 0.717) is 18.1 Å². The highest BCUT2D eigenvalue weighted by Crippen LogP contribution is 2.24. The molecule has 0 fully saturated rings. The van der Waals surface area contributed by atoms with Crippen LogP contribution in [0.4, 0.5) is 11.5 Å². The second-order valence-electron chi connectivity index (χ2n) is 7.32. The molecule has 0 atom stereocenters. The van der Waals surface area contributed by atoms with Gasteiger partial charge in [-0.3, -0.25) is 4.79 Å². The first-order valence-electron chi connectivity index (χ1n) is 8.40. The van der Waals surface area contributed by atoms with Gasteiger partial charge in [-0.05, 0) is 49.3 Å². The highest BCUT2D eigenvalue weighted by Gasteiger charge is 2.13. The van der Waals surface area contributed by atoms with E-state index in [2.05, 4.69) is 53.7 Å². The van der Waals surface area contributed by atoms with Crippen LogP contribution in [0.1, 0.15) is 36.8 Å². The van der Waals surface area contributed by atoms with Gasteiger partial charge in [0, 0.05) is 18.8 Å². The zero-order chi connectivity index (χ0) is 18.4. The van der Waals surface area contributed by atoms with Gasteiger partial charge in [-0.15, -0.1) is 10.2 Å². The second kappa shape index (κ2) is 8.07. The molecule has 134 valence electrons. The van der Waals surface area contributed by atoms with Gasteiger partial charge in [0.05, 0.1) is 0 Å². The van der Waals surface area contributed by atoms with E-state index >= 15 is 0 Å². The van der Waals surface area contributed by atoms with Gasteiger partial charge in [0.1, 0.15) is 0 Å². The molecule has 2 rings (SSSR count). The van der Waals surface area contributed by atoms with Crippen LogP contribution in [0.15, 0.2) is 36.4 Å². The Morgan fingerprint density at radius 2 is 1.72 bits per heavy atom. The van der Waals surface area contributed by atoms with Gasteiger partial charge < -0.3 is 15.5 Å². The maximum Gasteiger partial charge on any atom is 0.271 e. The van der Waals surface area contributed by atoms with Crippen molar-refractivity contribution in [3.8, 4) is 0 Å². The molecule has 0 saturated carbocycles. The number of nitrogens with zero attached hydrogens (tertiary/aromatic N) is 3. The van der Waals surface area contributed by atoms with Crippen LogP contribution in [-0.2, 0) is 5.41 Å². The largest absolute Gasteiger partial charge is 0.349 e. The Kier molecular flexibility index (Phi) is 6.09. The van der Waals surface area contributed by atoms with Crippen LogP contribution in [-0.4, -0.2) is 48.2 Å². The van der Waals surface area contributed by atoms with Crippen molar-refractivity contribution in [3.05, 3.63) is 47.7 Å². The van der Waals surface area contributed by atoms with Gasteiger partial charge >= 0.3 is 0 Å². The average Bonchev–Trinajstić information content (AvgIpc) is 2.55. The van der Waals surface area contributed by atoms with E-state index < -0.39 is 0 Å². The molecule has 0 bridgehead atoms. The number of hydrogen-bond donors (Lipinski definition) is 2. The fraction of sp³-hybridized carbons (Fsp3) is 0.421. The first-order valence-corrected chi connectivity index (χ1v) is 8.40. The smallest absolute Gasteiger partial charge is 0.271 e. The summed E-state index contributed by atoms with van der Waals surface area (Å²) < 4.78 is 0. The molecule has 0 aliphatic carbocycles. The lowest BCUT2D eigenvalue weighted by molar-refractivity contribution is 0.0945. The Bertz CT molecular complexity index is 687. The van der Waals surface area contributed by atoms with Gasteiger partial charge in [-0.1, -0.05) is 32.9 Å². The van der Waals surface area contributed by atoms with Crippen molar-refractivity contribution in [2.75, 3.05) is 32.5 Å². The summed E-state index contributed by atoms with van der Waals surface area (Å²) in [5.74, 6) is 0.392. The topological polar surface area (TPSA) is 70.2 Å². The van der Waals surface area contributed by atoms with Crippen molar-refractivity contribution in [1.29, 1.82) is 0 Å². The minimum Gasteiger partial charge on any atom is -0.349 e. The van der Waals surface area contributed by atoms with Crippen LogP contribution in [0.25, 0.3) is 0 Å². The molecule has 0 spiro atoms. The number of aromatic nitrogens is 2. The standard InChI is InChI=1S/C19H27N5O/c1-19(2,3)14-6-8-15(9-7-14)21-17-11-10-16(22-23-17)18(25)20-12-13-24(4)5/h6-11H,12-13H2,1-5H3,(H,20,25)(H,21,23). The fourth-order valence-corrected chi connectivity index (χ4v) is 2.21. The highest BCUT2D eigenvalue weighted by molar-refractivity contribution is 5.92. The lowest BCUT2D eigenvalue weighted by Crippen LogP contribution is -2.31. The van der Waals surface area contributed by atoms with Gasteiger partial charge in [0.25, 0.3) is 5.91 Å². The third kappa shape index (κ3) is 5.83. The van der Waals surface area contributed by atoms with Gasteiger partial charge in [-0.25, -0.2) is 0 Å². The summed E-state index contributed by atoms with van der Waals surface area (Å²) in [5.41, 5.74) is 2.65. The summed E-state index contributed by atoms with van der Waals surface area (Å²) in [7, 11) is 3.92. The number of carbonyl (C=O) groups excluding carboxylic acids is 1. The average molecular weight is 341 g/mol. The molecule has 1 aromatic heterocycles. The predicted octanol–water partition coefficient (Wildman–Crippen LogP) is 2.81. The highest BCUT2D eigenvalue weighted by atomic mass is 16.1. The first-order chi connectivity index (χ1) is 11.8. The summed E-state index contributed by atoms with van der Waals surface area (Å²) >= 11 is 0. The third-order valence-electron chi connectivity index (χ3n) is 3.77. The Hall–Kier alpha value is -2.47. The third-order valence-corrected chi connectivity index (χ3v) is 3.77. The number of carbonyl (C=O) groups is 1. The van der Waals surface area contributed by atoms with E-state index in [-0.39, 0.29) is 11.3 Å². The monoisotopic (exact) mass is 341 g/mol. The Morgan fingerprint density at radius 3 is 2.24 bits per heavy atom. The molecule has 0 saturated heterocycles. The summed E-state index contributed by atoms with van der Waals surface area (Å²) in [6.45, 7) is 7.91. The van der Waals surface area contributed by atoms with Crippen molar-refractivity contribution in [3.63, 3.8) is 0 Å². The Balaban J connectivity index is 1.95. The summed E-state index contributed by atoms with van der Waals surface area (Å²) in [6, 6.07) is 11.7. The number of benzene rings is 1. The second-order valence-corrected chi connectivity index (χ2v) is 7.32.